The van der Waals surface area contributed by atoms with Crippen molar-refractivity contribution in [3.63, 3.8) is 0 Å². The molecule has 13 aromatic rings. The zero-order valence-electron chi connectivity index (χ0n) is 33.9. The van der Waals surface area contributed by atoms with Crippen molar-refractivity contribution in [2.75, 3.05) is 0 Å². The number of nitrogens with zero attached hydrogens (tertiary/aromatic N) is 5. The van der Waals surface area contributed by atoms with Crippen molar-refractivity contribution < 1.29 is 4.42 Å². The number of rotatable bonds is 6. The molecule has 0 spiro atoms. The minimum absolute atomic E-state index is 0.608. The van der Waals surface area contributed by atoms with E-state index in [1.54, 1.807) is 0 Å². The Hall–Kier alpha value is -8.61. The van der Waals surface area contributed by atoms with Gasteiger partial charge in [-0.05, 0) is 71.8 Å². The van der Waals surface area contributed by atoms with Crippen LogP contribution in [-0.4, -0.2) is 24.1 Å². The highest BCUT2D eigenvalue weighted by Crippen LogP contribution is 2.44. The Morgan fingerprint density at radius 3 is 1.67 bits per heavy atom. The van der Waals surface area contributed by atoms with E-state index >= 15 is 0 Å². The fourth-order valence-corrected chi connectivity index (χ4v) is 9.53. The summed E-state index contributed by atoms with van der Waals surface area (Å²) in [5.74, 6) is 1.86. The van der Waals surface area contributed by atoms with Gasteiger partial charge in [0.25, 0.3) is 0 Å². The first-order valence-electron chi connectivity index (χ1n) is 21.2. The molecule has 0 atom stereocenters. The summed E-state index contributed by atoms with van der Waals surface area (Å²) in [6.07, 6.45) is 0. The van der Waals surface area contributed by atoms with Gasteiger partial charge in [-0.1, -0.05) is 152 Å². The Balaban J connectivity index is 1.05. The first kappa shape index (κ1) is 35.2. The van der Waals surface area contributed by atoms with Crippen LogP contribution in [0.4, 0.5) is 0 Å². The number of para-hydroxylation sites is 2. The van der Waals surface area contributed by atoms with Crippen LogP contribution < -0.4 is 0 Å². The summed E-state index contributed by atoms with van der Waals surface area (Å²) in [6.45, 7) is 0. The fraction of sp³-hybridized carbons (Fsp3) is 0. The van der Waals surface area contributed by atoms with Crippen LogP contribution in [0.2, 0.25) is 0 Å². The monoisotopic (exact) mass is 805 g/mol. The highest BCUT2D eigenvalue weighted by molar-refractivity contribution is 6.24. The molecule has 0 radical (unpaired) electrons. The van der Waals surface area contributed by atoms with Gasteiger partial charge in [-0.15, -0.1) is 0 Å². The maximum atomic E-state index is 7.00. The number of hydrogen-bond donors (Lipinski definition) is 0. The average molecular weight is 806 g/mol. The minimum Gasteiger partial charge on any atom is -0.454 e. The molecule has 0 N–H and O–H groups in total. The maximum Gasteiger partial charge on any atom is 0.164 e. The molecule has 9 aromatic carbocycles. The maximum absolute atomic E-state index is 7.00. The van der Waals surface area contributed by atoms with Gasteiger partial charge >= 0.3 is 0 Å². The zero-order valence-corrected chi connectivity index (χ0v) is 33.9. The van der Waals surface area contributed by atoms with Crippen LogP contribution >= 0.6 is 0 Å². The first-order valence-corrected chi connectivity index (χ1v) is 21.2. The molecule has 6 nitrogen and oxygen atoms in total. The lowest BCUT2D eigenvalue weighted by molar-refractivity contribution is 0.671. The second kappa shape index (κ2) is 14.0. The lowest BCUT2D eigenvalue weighted by Crippen LogP contribution is -2.00. The summed E-state index contributed by atoms with van der Waals surface area (Å²) in [4.78, 5) is 15.3. The SMILES string of the molecule is c1ccc(-c2ccc3c(c2)c2ccccc2n3-c2ccc3oc4c(ccc5c6c(-c7nc(-c8ccccc8)nc(-c8ccccc8)n7)cccc6n(-c6ccccc6)c54)c3c2)cc1. The van der Waals surface area contributed by atoms with Gasteiger partial charge < -0.3 is 13.6 Å². The van der Waals surface area contributed by atoms with Gasteiger partial charge in [0.2, 0.25) is 0 Å². The van der Waals surface area contributed by atoms with E-state index in [1.807, 2.05) is 60.7 Å². The molecule has 63 heavy (non-hydrogen) atoms. The third kappa shape index (κ3) is 5.55. The highest BCUT2D eigenvalue weighted by Gasteiger charge is 2.24. The molecular formula is C57H35N5O. The van der Waals surface area contributed by atoms with E-state index in [9.17, 15) is 0 Å². The number of benzene rings is 9. The van der Waals surface area contributed by atoms with Gasteiger partial charge in [-0.25, -0.2) is 15.0 Å². The van der Waals surface area contributed by atoms with E-state index in [1.165, 1.54) is 21.9 Å². The quantitative estimate of drug-likeness (QED) is 0.168. The normalized spacial score (nSPS) is 11.8. The molecule has 0 bridgehead atoms. The lowest BCUT2D eigenvalue weighted by atomic mass is 10.0. The highest BCUT2D eigenvalue weighted by atomic mass is 16.3. The van der Waals surface area contributed by atoms with Crippen molar-refractivity contribution in [3.8, 4) is 56.7 Å². The number of fused-ring (bicyclic) bond motifs is 10. The van der Waals surface area contributed by atoms with Gasteiger partial charge in [0.15, 0.2) is 23.1 Å². The van der Waals surface area contributed by atoms with Crippen LogP contribution in [-0.2, 0) is 0 Å². The molecule has 4 aromatic heterocycles. The lowest BCUT2D eigenvalue weighted by Gasteiger charge is -2.10. The Labute approximate surface area is 361 Å². The molecule has 0 aliphatic rings. The molecule has 0 fully saturated rings. The standard InChI is InChI=1S/C57H35N5O/c1-5-16-36(17-6-1)39-28-32-49-46(34-39)42-24-13-14-26-48(42)61(49)41-29-33-51-47(35-41)43-30-31-44-52-45(25-15-27-50(52)62(53(44)54(43)63-51)40-22-11-4-12-23-40)57-59-55(37-18-7-2-8-19-37)58-56(60-57)38-20-9-3-10-21-38/h1-35H. The molecule has 6 heteroatoms. The second-order valence-corrected chi connectivity index (χ2v) is 16.0. The molecule has 0 amide bonds. The average Bonchev–Trinajstić information content (AvgIpc) is 4.02. The third-order valence-corrected chi connectivity index (χ3v) is 12.4. The number of furan rings is 1. The van der Waals surface area contributed by atoms with Gasteiger partial charge in [0, 0.05) is 60.4 Å². The molecule has 0 aliphatic carbocycles. The Morgan fingerprint density at radius 1 is 0.333 bits per heavy atom. The van der Waals surface area contributed by atoms with Crippen molar-refractivity contribution in [2.24, 2.45) is 0 Å². The summed E-state index contributed by atoms with van der Waals surface area (Å²) in [7, 11) is 0. The van der Waals surface area contributed by atoms with Crippen LogP contribution in [0.15, 0.2) is 217 Å². The van der Waals surface area contributed by atoms with Crippen molar-refractivity contribution >= 4 is 65.6 Å². The molecule has 13 rings (SSSR count). The van der Waals surface area contributed by atoms with Gasteiger partial charge in [-0.2, -0.15) is 0 Å². The Kier molecular flexibility index (Phi) is 7.80. The van der Waals surface area contributed by atoms with E-state index in [4.69, 9.17) is 19.4 Å². The van der Waals surface area contributed by atoms with E-state index in [0.29, 0.717) is 17.5 Å². The van der Waals surface area contributed by atoms with E-state index in [0.717, 1.165) is 82.8 Å². The first-order chi connectivity index (χ1) is 31.2. The predicted molar refractivity (Wildman–Crippen MR) is 258 cm³/mol. The van der Waals surface area contributed by atoms with Crippen molar-refractivity contribution in [1.82, 2.24) is 24.1 Å². The second-order valence-electron chi connectivity index (χ2n) is 16.0. The summed E-state index contributed by atoms with van der Waals surface area (Å²) >= 11 is 0. The molecule has 0 saturated heterocycles. The van der Waals surface area contributed by atoms with Gasteiger partial charge in [0.1, 0.15) is 5.58 Å². The van der Waals surface area contributed by atoms with E-state index in [-0.39, 0.29) is 0 Å². The summed E-state index contributed by atoms with van der Waals surface area (Å²) < 4.78 is 11.7. The van der Waals surface area contributed by atoms with Crippen LogP contribution in [0, 0.1) is 0 Å². The van der Waals surface area contributed by atoms with Crippen molar-refractivity contribution in [2.45, 2.75) is 0 Å². The Morgan fingerprint density at radius 2 is 0.937 bits per heavy atom. The number of aromatic nitrogens is 5. The van der Waals surface area contributed by atoms with Crippen molar-refractivity contribution in [1.29, 1.82) is 0 Å². The smallest absolute Gasteiger partial charge is 0.164 e. The molecule has 0 unspecified atom stereocenters. The van der Waals surface area contributed by atoms with Crippen molar-refractivity contribution in [3.05, 3.63) is 212 Å². The third-order valence-electron chi connectivity index (χ3n) is 12.4. The van der Waals surface area contributed by atoms with Crippen LogP contribution in [0.5, 0.6) is 0 Å². The molecular weight excluding hydrogens is 771 g/mol. The molecule has 0 aliphatic heterocycles. The van der Waals surface area contributed by atoms with Gasteiger partial charge in [-0.3, -0.25) is 0 Å². The topological polar surface area (TPSA) is 61.7 Å². The largest absolute Gasteiger partial charge is 0.454 e. The van der Waals surface area contributed by atoms with E-state index in [2.05, 4.69) is 161 Å². The Bertz CT molecular complexity index is 3830. The molecule has 294 valence electrons. The fourth-order valence-electron chi connectivity index (χ4n) is 9.53. The summed E-state index contributed by atoms with van der Waals surface area (Å²) in [5.41, 5.74) is 13.3. The minimum atomic E-state index is 0.608. The van der Waals surface area contributed by atoms with Crippen LogP contribution in [0.25, 0.3) is 122 Å². The van der Waals surface area contributed by atoms with E-state index < -0.39 is 0 Å². The van der Waals surface area contributed by atoms with Crippen LogP contribution in [0.1, 0.15) is 0 Å². The summed E-state index contributed by atoms with van der Waals surface area (Å²) in [6, 6.07) is 74.3. The molecule has 4 heterocycles. The predicted octanol–water partition coefficient (Wildman–Crippen LogP) is 14.6. The van der Waals surface area contributed by atoms with Crippen LogP contribution in [0.3, 0.4) is 0 Å². The zero-order chi connectivity index (χ0) is 41.4. The summed E-state index contributed by atoms with van der Waals surface area (Å²) in [5, 5.41) is 6.64. The molecule has 0 saturated carbocycles. The number of hydrogen-bond acceptors (Lipinski definition) is 4. The van der Waals surface area contributed by atoms with Gasteiger partial charge in [0.05, 0.1) is 22.1 Å².